The Morgan fingerprint density at radius 3 is 2.32 bits per heavy atom. The van der Waals surface area contributed by atoms with Crippen LogP contribution in [-0.4, -0.2) is 32.0 Å². The molecule has 0 fully saturated rings. The predicted octanol–water partition coefficient (Wildman–Crippen LogP) is 4.39. The Hall–Kier alpha value is -3.15. The van der Waals surface area contributed by atoms with Crippen molar-refractivity contribution in [3.63, 3.8) is 0 Å². The third-order valence-corrected chi connectivity index (χ3v) is 3.80. The van der Waals surface area contributed by atoms with E-state index in [4.69, 9.17) is 18.9 Å². The van der Waals surface area contributed by atoms with Gasteiger partial charge in [0.1, 0.15) is 11.5 Å². The summed E-state index contributed by atoms with van der Waals surface area (Å²) in [4.78, 5) is 14.9. The molecule has 25 heavy (non-hydrogen) atoms. The zero-order valence-corrected chi connectivity index (χ0v) is 14.3. The van der Waals surface area contributed by atoms with E-state index in [0.29, 0.717) is 11.6 Å². The van der Waals surface area contributed by atoms with E-state index < -0.39 is 6.16 Å². The largest absolute Gasteiger partial charge is 0.515 e. The molecule has 3 rings (SSSR count). The first-order valence-corrected chi connectivity index (χ1v) is 7.85. The lowest BCUT2D eigenvalue weighted by molar-refractivity contribution is 0.103. The van der Waals surface area contributed by atoms with Gasteiger partial charge in [0.15, 0.2) is 0 Å². The fraction of sp³-hybridized carbons (Fsp3) is 0.211. The number of carbonyl (C=O) groups excluding carboxylic acids is 1. The first kappa shape index (κ1) is 16.7. The molecule has 1 heterocycles. The zero-order chi connectivity index (χ0) is 17.8. The Morgan fingerprint density at radius 2 is 1.68 bits per heavy atom. The molecule has 0 aliphatic rings. The van der Waals surface area contributed by atoms with Crippen molar-refractivity contribution in [3.05, 3.63) is 42.5 Å². The molecular weight excluding hydrogens is 322 g/mol. The number of nitrogens with one attached hydrogen (secondary N) is 1. The van der Waals surface area contributed by atoms with Gasteiger partial charge in [-0.1, -0.05) is 12.1 Å². The van der Waals surface area contributed by atoms with E-state index >= 15 is 0 Å². The summed E-state index contributed by atoms with van der Waals surface area (Å²) in [5, 5.41) is 0.908. The standard InChI is InChI=1S/C19H19NO5/c1-4-24-19(21)25-18-17(12-5-7-13(22-2)8-6-12)15-10-9-14(23-3)11-16(15)20-18/h5-11,20H,4H2,1-3H3. The molecule has 0 saturated carbocycles. The van der Waals surface area contributed by atoms with Gasteiger partial charge in [-0.15, -0.1) is 0 Å². The van der Waals surface area contributed by atoms with Crippen molar-refractivity contribution in [2.24, 2.45) is 0 Å². The summed E-state index contributed by atoms with van der Waals surface area (Å²) < 4.78 is 20.7. The summed E-state index contributed by atoms with van der Waals surface area (Å²) in [6, 6.07) is 13.1. The number of hydrogen-bond donors (Lipinski definition) is 1. The quantitative estimate of drug-likeness (QED) is 0.697. The summed E-state index contributed by atoms with van der Waals surface area (Å²) in [5.41, 5.74) is 2.45. The highest BCUT2D eigenvalue weighted by Gasteiger charge is 2.18. The lowest BCUT2D eigenvalue weighted by Gasteiger charge is -2.07. The summed E-state index contributed by atoms with van der Waals surface area (Å²) in [6.07, 6.45) is -0.754. The Balaban J connectivity index is 2.12. The van der Waals surface area contributed by atoms with Crippen LogP contribution in [-0.2, 0) is 4.74 Å². The fourth-order valence-electron chi connectivity index (χ4n) is 2.63. The fourth-order valence-corrected chi connectivity index (χ4v) is 2.63. The van der Waals surface area contributed by atoms with Crippen LogP contribution >= 0.6 is 0 Å². The van der Waals surface area contributed by atoms with Crippen LogP contribution in [0.2, 0.25) is 0 Å². The van der Waals surface area contributed by atoms with Gasteiger partial charge in [0.25, 0.3) is 0 Å². The van der Waals surface area contributed by atoms with Crippen LogP contribution < -0.4 is 14.2 Å². The van der Waals surface area contributed by atoms with E-state index in [0.717, 1.165) is 27.8 Å². The van der Waals surface area contributed by atoms with Gasteiger partial charge in [-0.25, -0.2) is 4.79 Å². The molecule has 0 spiro atoms. The topological polar surface area (TPSA) is 69.8 Å². The number of carbonyl (C=O) groups is 1. The van der Waals surface area contributed by atoms with Crippen LogP contribution in [0.3, 0.4) is 0 Å². The number of benzene rings is 2. The number of H-pyrrole nitrogens is 1. The summed E-state index contributed by atoms with van der Waals surface area (Å²) in [7, 11) is 3.22. The Kier molecular flexibility index (Phi) is 4.79. The van der Waals surface area contributed by atoms with Crippen LogP contribution in [0.5, 0.6) is 17.4 Å². The number of hydrogen-bond acceptors (Lipinski definition) is 5. The number of ether oxygens (including phenoxy) is 4. The van der Waals surface area contributed by atoms with Crippen LogP contribution in [0.4, 0.5) is 4.79 Å². The second kappa shape index (κ2) is 7.17. The molecule has 0 atom stereocenters. The Labute approximate surface area is 145 Å². The second-order valence-electron chi connectivity index (χ2n) is 5.25. The lowest BCUT2D eigenvalue weighted by Crippen LogP contribution is -2.10. The maximum atomic E-state index is 11.8. The van der Waals surface area contributed by atoms with Gasteiger partial charge >= 0.3 is 6.16 Å². The number of rotatable bonds is 5. The molecule has 6 heteroatoms. The highest BCUT2D eigenvalue weighted by Crippen LogP contribution is 2.39. The zero-order valence-electron chi connectivity index (χ0n) is 14.3. The average Bonchev–Trinajstić information content (AvgIpc) is 2.98. The van der Waals surface area contributed by atoms with E-state index in [1.165, 1.54) is 0 Å². The third-order valence-electron chi connectivity index (χ3n) is 3.80. The van der Waals surface area contributed by atoms with Gasteiger partial charge in [0, 0.05) is 11.5 Å². The summed E-state index contributed by atoms with van der Waals surface area (Å²) in [6.45, 7) is 1.96. The van der Waals surface area contributed by atoms with Crippen LogP contribution in [0.25, 0.3) is 22.0 Å². The summed E-state index contributed by atoms with van der Waals surface area (Å²) >= 11 is 0. The minimum Gasteiger partial charge on any atom is -0.497 e. The molecule has 130 valence electrons. The first-order chi connectivity index (χ1) is 12.2. The normalized spacial score (nSPS) is 10.5. The van der Waals surface area contributed by atoms with E-state index in [9.17, 15) is 4.79 Å². The van der Waals surface area contributed by atoms with Gasteiger partial charge in [0.05, 0.1) is 31.9 Å². The molecule has 0 aliphatic carbocycles. The van der Waals surface area contributed by atoms with E-state index in [1.54, 1.807) is 21.1 Å². The highest BCUT2D eigenvalue weighted by atomic mass is 16.7. The maximum absolute atomic E-state index is 11.8. The van der Waals surface area contributed by atoms with Crippen LogP contribution in [0, 0.1) is 0 Å². The minimum absolute atomic E-state index is 0.241. The Bertz CT molecular complexity index is 883. The number of aromatic nitrogens is 1. The first-order valence-electron chi connectivity index (χ1n) is 7.85. The van der Waals surface area contributed by atoms with Crippen molar-refractivity contribution in [1.82, 2.24) is 4.98 Å². The monoisotopic (exact) mass is 341 g/mol. The summed E-state index contributed by atoms with van der Waals surface area (Å²) in [5.74, 6) is 1.78. The van der Waals surface area contributed by atoms with E-state index in [1.807, 2.05) is 42.5 Å². The molecular formula is C19H19NO5. The molecule has 1 N–H and O–H groups in total. The van der Waals surface area contributed by atoms with Gasteiger partial charge in [-0.3, -0.25) is 0 Å². The maximum Gasteiger partial charge on any atom is 0.515 e. The Morgan fingerprint density at radius 1 is 1.00 bits per heavy atom. The smallest absolute Gasteiger partial charge is 0.497 e. The minimum atomic E-state index is -0.754. The second-order valence-corrected chi connectivity index (χ2v) is 5.25. The molecule has 0 bridgehead atoms. The highest BCUT2D eigenvalue weighted by molar-refractivity contribution is 6.00. The molecule has 3 aromatic rings. The van der Waals surface area contributed by atoms with Crippen molar-refractivity contribution in [3.8, 4) is 28.5 Å². The molecule has 6 nitrogen and oxygen atoms in total. The van der Waals surface area contributed by atoms with Gasteiger partial charge in [0.2, 0.25) is 5.88 Å². The predicted molar refractivity (Wildman–Crippen MR) is 94.5 cm³/mol. The van der Waals surface area contributed by atoms with Crippen molar-refractivity contribution in [2.75, 3.05) is 20.8 Å². The number of fused-ring (bicyclic) bond motifs is 1. The molecule has 0 aliphatic heterocycles. The average molecular weight is 341 g/mol. The van der Waals surface area contributed by atoms with Crippen LogP contribution in [0.15, 0.2) is 42.5 Å². The van der Waals surface area contributed by atoms with Crippen LogP contribution in [0.1, 0.15) is 6.92 Å². The van der Waals surface area contributed by atoms with Crippen molar-refractivity contribution in [2.45, 2.75) is 6.92 Å². The molecule has 0 unspecified atom stereocenters. The number of aromatic amines is 1. The van der Waals surface area contributed by atoms with E-state index in [-0.39, 0.29) is 6.61 Å². The SMILES string of the molecule is CCOC(=O)Oc1[nH]c2cc(OC)ccc2c1-c1ccc(OC)cc1. The van der Waals surface area contributed by atoms with E-state index in [2.05, 4.69) is 4.98 Å². The molecule has 1 aromatic heterocycles. The lowest BCUT2D eigenvalue weighted by atomic mass is 10.0. The van der Waals surface area contributed by atoms with Gasteiger partial charge in [-0.2, -0.15) is 0 Å². The molecule has 0 radical (unpaired) electrons. The van der Waals surface area contributed by atoms with Crippen molar-refractivity contribution >= 4 is 17.1 Å². The third kappa shape index (κ3) is 3.38. The molecule has 0 saturated heterocycles. The molecule has 0 amide bonds. The van der Waals surface area contributed by atoms with Gasteiger partial charge < -0.3 is 23.9 Å². The number of methoxy groups -OCH3 is 2. The van der Waals surface area contributed by atoms with Gasteiger partial charge in [-0.05, 0) is 36.8 Å². The van der Waals surface area contributed by atoms with Crippen molar-refractivity contribution < 1.29 is 23.7 Å². The molecule has 2 aromatic carbocycles. The van der Waals surface area contributed by atoms with Crippen molar-refractivity contribution in [1.29, 1.82) is 0 Å².